The number of aromatic nitrogens is 1. The second-order valence-electron chi connectivity index (χ2n) is 10.6. The number of carbonyl (C=O) groups is 1. The molecule has 1 aromatic carbocycles. The molecule has 4 N–H and O–H groups in total. The number of benzene rings is 1. The first-order valence-electron chi connectivity index (χ1n) is 12.5. The van der Waals surface area contributed by atoms with Gasteiger partial charge in [0, 0.05) is 24.9 Å². The van der Waals surface area contributed by atoms with E-state index in [1.54, 1.807) is 0 Å². The van der Waals surface area contributed by atoms with E-state index in [2.05, 4.69) is 16.0 Å². The summed E-state index contributed by atoms with van der Waals surface area (Å²) in [6, 6.07) is 7.65. The summed E-state index contributed by atoms with van der Waals surface area (Å²) in [5, 5.41) is 19.9. The molecule has 9 heteroatoms. The van der Waals surface area contributed by atoms with E-state index in [9.17, 15) is 4.79 Å². The second kappa shape index (κ2) is 12.3. The largest absolute Gasteiger partial charge is 0.395 e. The van der Waals surface area contributed by atoms with Crippen LogP contribution >= 0.6 is 36.4 Å². The lowest BCUT2D eigenvalue weighted by Gasteiger charge is -2.56. The van der Waals surface area contributed by atoms with E-state index in [1.165, 1.54) is 38.5 Å². The maximum Gasteiger partial charge on any atom is 0.224 e. The Balaban J connectivity index is 0.00000171. The number of nitrogens with zero attached hydrogens (tertiary/aromatic N) is 1. The number of amides is 1. The van der Waals surface area contributed by atoms with Crippen LogP contribution in [0.2, 0.25) is 5.02 Å². The van der Waals surface area contributed by atoms with Crippen LogP contribution in [0.5, 0.6) is 0 Å². The van der Waals surface area contributed by atoms with E-state index < -0.39 is 0 Å². The van der Waals surface area contributed by atoms with Crippen molar-refractivity contribution in [2.75, 3.05) is 36.9 Å². The van der Waals surface area contributed by atoms with Crippen LogP contribution in [-0.4, -0.2) is 42.2 Å². The molecule has 1 amide bonds. The summed E-state index contributed by atoms with van der Waals surface area (Å²) < 4.78 is 0. The highest BCUT2D eigenvalue weighted by Crippen LogP contribution is 2.61. The van der Waals surface area contributed by atoms with Crippen molar-refractivity contribution < 1.29 is 9.90 Å². The number of fused-ring (bicyclic) bond motifs is 1. The van der Waals surface area contributed by atoms with Gasteiger partial charge in [0.05, 0.1) is 22.8 Å². The summed E-state index contributed by atoms with van der Waals surface area (Å²) >= 11 is 6.52. The quantitative estimate of drug-likeness (QED) is 0.291. The van der Waals surface area contributed by atoms with Crippen molar-refractivity contribution in [3.05, 3.63) is 29.3 Å². The third kappa shape index (κ3) is 6.53. The van der Waals surface area contributed by atoms with Gasteiger partial charge in [-0.3, -0.25) is 4.79 Å². The highest BCUT2D eigenvalue weighted by atomic mass is 35.5. The van der Waals surface area contributed by atoms with Gasteiger partial charge in [0.2, 0.25) is 5.91 Å². The number of pyridine rings is 1. The van der Waals surface area contributed by atoms with Crippen LogP contribution in [0.4, 0.5) is 11.5 Å². The molecule has 0 saturated heterocycles. The molecule has 4 aliphatic carbocycles. The fourth-order valence-corrected chi connectivity index (χ4v) is 7.28. The highest BCUT2D eigenvalue weighted by Gasteiger charge is 2.51. The highest BCUT2D eigenvalue weighted by molar-refractivity contribution is 6.35. The molecular formula is C26H37Cl3N4O2. The van der Waals surface area contributed by atoms with Crippen molar-refractivity contribution in [1.29, 1.82) is 0 Å². The molecule has 35 heavy (non-hydrogen) atoms. The van der Waals surface area contributed by atoms with E-state index in [0.717, 1.165) is 54.0 Å². The SMILES string of the molecule is Cl.Cl.O=C(CC12CC3CC(CC(C3)C1)C2)Nc1c(Cl)ccc2nc(NCCCNCCO)ccc12. The van der Waals surface area contributed by atoms with E-state index >= 15 is 0 Å². The molecule has 1 heterocycles. The summed E-state index contributed by atoms with van der Waals surface area (Å²) in [5.41, 5.74) is 1.70. The van der Waals surface area contributed by atoms with Crippen molar-refractivity contribution in [3.63, 3.8) is 0 Å². The normalized spacial score (nSPS) is 26.2. The Kier molecular flexibility index (Phi) is 9.92. The van der Waals surface area contributed by atoms with Crippen LogP contribution in [0.25, 0.3) is 10.9 Å². The van der Waals surface area contributed by atoms with Gasteiger partial charge in [-0.05, 0) is 98.9 Å². The summed E-state index contributed by atoms with van der Waals surface area (Å²) in [5.74, 6) is 3.41. The molecule has 4 fully saturated rings. The lowest BCUT2D eigenvalue weighted by molar-refractivity contribution is -0.124. The second-order valence-corrected chi connectivity index (χ2v) is 11.0. The van der Waals surface area contributed by atoms with Gasteiger partial charge in [-0.1, -0.05) is 11.6 Å². The van der Waals surface area contributed by atoms with Crippen molar-refractivity contribution in [2.45, 2.75) is 51.4 Å². The summed E-state index contributed by atoms with van der Waals surface area (Å²) in [4.78, 5) is 17.9. The number of anilines is 2. The molecule has 0 atom stereocenters. The third-order valence-corrected chi connectivity index (χ3v) is 8.23. The first-order chi connectivity index (χ1) is 16.0. The Morgan fingerprint density at radius 1 is 1.00 bits per heavy atom. The number of halogens is 3. The Morgan fingerprint density at radius 3 is 2.34 bits per heavy atom. The zero-order chi connectivity index (χ0) is 22.8. The van der Waals surface area contributed by atoms with Gasteiger partial charge in [-0.25, -0.2) is 4.98 Å². The molecular weight excluding hydrogens is 507 g/mol. The van der Waals surface area contributed by atoms with Crippen LogP contribution in [0, 0.1) is 23.2 Å². The smallest absolute Gasteiger partial charge is 0.224 e. The molecule has 2 aromatic rings. The summed E-state index contributed by atoms with van der Waals surface area (Å²) in [6.45, 7) is 2.41. The summed E-state index contributed by atoms with van der Waals surface area (Å²) in [7, 11) is 0. The first-order valence-corrected chi connectivity index (χ1v) is 12.9. The molecule has 6 rings (SSSR count). The van der Waals surface area contributed by atoms with E-state index in [4.69, 9.17) is 21.7 Å². The minimum atomic E-state index is 0. The Bertz CT molecular complexity index is 984. The Hall–Kier alpha value is -1.31. The van der Waals surface area contributed by atoms with Crippen LogP contribution in [0.3, 0.4) is 0 Å². The molecule has 6 nitrogen and oxygen atoms in total. The van der Waals surface area contributed by atoms with Gasteiger partial charge in [-0.15, -0.1) is 24.8 Å². The standard InChI is InChI=1S/C26H35ClN4O2.2ClH/c27-21-3-4-22-20(2-5-23(30-22)29-7-1-6-28-8-9-32)25(21)31-24(33)16-26-13-17-10-18(14-26)12-19(11-17)15-26;;/h2-5,17-19,28,32H,1,6-16H2,(H,29,30)(H,31,33);2*1H. The molecule has 4 aliphatic rings. The average molecular weight is 544 g/mol. The number of rotatable bonds is 10. The topological polar surface area (TPSA) is 86.3 Å². The minimum absolute atomic E-state index is 0. The Labute approximate surface area is 225 Å². The van der Waals surface area contributed by atoms with Crippen molar-refractivity contribution >= 4 is 64.7 Å². The number of hydrogen-bond acceptors (Lipinski definition) is 5. The molecule has 4 saturated carbocycles. The molecule has 0 unspecified atom stereocenters. The fraction of sp³-hybridized carbons (Fsp3) is 0.615. The number of carbonyl (C=O) groups excluding carboxylic acids is 1. The van der Waals surface area contributed by atoms with Crippen molar-refractivity contribution in [2.24, 2.45) is 23.2 Å². The molecule has 0 spiro atoms. The lowest BCUT2D eigenvalue weighted by atomic mass is 9.49. The van der Waals surface area contributed by atoms with Gasteiger partial charge < -0.3 is 21.1 Å². The van der Waals surface area contributed by atoms with Gasteiger partial charge in [0.15, 0.2) is 0 Å². The Morgan fingerprint density at radius 2 is 1.69 bits per heavy atom. The molecule has 194 valence electrons. The van der Waals surface area contributed by atoms with E-state index in [1.807, 2.05) is 24.3 Å². The van der Waals surface area contributed by atoms with Gasteiger partial charge in [-0.2, -0.15) is 0 Å². The first kappa shape index (κ1) is 28.3. The lowest BCUT2D eigenvalue weighted by Crippen LogP contribution is -2.47. The van der Waals surface area contributed by atoms with Crippen molar-refractivity contribution in [1.82, 2.24) is 10.3 Å². The zero-order valence-corrected chi connectivity index (χ0v) is 22.4. The van der Waals surface area contributed by atoms with Crippen LogP contribution in [0.1, 0.15) is 51.4 Å². The average Bonchev–Trinajstić information content (AvgIpc) is 2.77. The predicted octanol–water partition coefficient (Wildman–Crippen LogP) is 5.66. The maximum atomic E-state index is 13.2. The van der Waals surface area contributed by atoms with Crippen LogP contribution in [0.15, 0.2) is 24.3 Å². The summed E-state index contributed by atoms with van der Waals surface area (Å²) in [6.07, 6.45) is 9.38. The van der Waals surface area contributed by atoms with E-state index in [-0.39, 0.29) is 42.7 Å². The number of aliphatic hydroxyl groups is 1. The molecule has 0 aliphatic heterocycles. The minimum Gasteiger partial charge on any atom is -0.395 e. The van der Waals surface area contributed by atoms with Crippen molar-refractivity contribution in [3.8, 4) is 0 Å². The zero-order valence-electron chi connectivity index (χ0n) is 20.0. The number of aliphatic hydroxyl groups excluding tert-OH is 1. The number of nitrogens with one attached hydrogen (secondary N) is 3. The predicted molar refractivity (Wildman–Crippen MR) is 148 cm³/mol. The van der Waals surface area contributed by atoms with Gasteiger partial charge in [0.1, 0.15) is 5.82 Å². The van der Waals surface area contributed by atoms with Gasteiger partial charge in [0.25, 0.3) is 0 Å². The van der Waals surface area contributed by atoms with Crippen LogP contribution < -0.4 is 16.0 Å². The van der Waals surface area contributed by atoms with Gasteiger partial charge >= 0.3 is 0 Å². The van der Waals surface area contributed by atoms with Crippen LogP contribution in [-0.2, 0) is 4.79 Å². The molecule has 0 radical (unpaired) electrons. The maximum absolute atomic E-state index is 13.2. The monoisotopic (exact) mass is 542 g/mol. The van der Waals surface area contributed by atoms with E-state index in [0.29, 0.717) is 23.7 Å². The third-order valence-electron chi connectivity index (χ3n) is 7.91. The molecule has 4 bridgehead atoms. The fourth-order valence-electron chi connectivity index (χ4n) is 7.07. The molecule has 1 aromatic heterocycles. The number of hydrogen-bond donors (Lipinski definition) is 4.